The molecule has 0 aliphatic carbocycles. The summed E-state index contributed by atoms with van der Waals surface area (Å²) in [5.41, 5.74) is 0.962. The molecule has 1 aliphatic rings. The van der Waals surface area contributed by atoms with Crippen LogP contribution in [0.5, 0.6) is 0 Å². The van der Waals surface area contributed by atoms with Crippen molar-refractivity contribution < 1.29 is 17.9 Å². The number of ether oxygens (including phenoxy) is 1. The molecule has 1 saturated heterocycles. The van der Waals surface area contributed by atoms with Crippen molar-refractivity contribution in [2.24, 2.45) is 10.9 Å². The first kappa shape index (κ1) is 27.6. The number of nitrogens with one attached hydrogen (secondary N) is 1. The van der Waals surface area contributed by atoms with Gasteiger partial charge in [0.15, 0.2) is 5.96 Å². The minimum absolute atomic E-state index is 0. The molecule has 176 valence electrons. The zero-order valence-electron chi connectivity index (χ0n) is 19.0. The number of carbonyl (C=O) groups is 1. The summed E-state index contributed by atoms with van der Waals surface area (Å²) in [7, 11) is -0.160. The number of aliphatic imine (C=N–C) groups is 1. The van der Waals surface area contributed by atoms with Crippen LogP contribution in [0.15, 0.2) is 34.2 Å². The summed E-state index contributed by atoms with van der Waals surface area (Å²) in [6.07, 6.45) is 1.49. The number of sulfonamides is 1. The summed E-state index contributed by atoms with van der Waals surface area (Å²) in [6.45, 7) is 7.93. The van der Waals surface area contributed by atoms with Gasteiger partial charge < -0.3 is 15.0 Å². The Bertz CT molecular complexity index is 835. The molecule has 0 spiro atoms. The van der Waals surface area contributed by atoms with Gasteiger partial charge in [-0.05, 0) is 51.3 Å². The van der Waals surface area contributed by atoms with Gasteiger partial charge in [0.05, 0.1) is 17.4 Å². The number of likely N-dealkylation sites (tertiary alicyclic amines) is 1. The summed E-state index contributed by atoms with van der Waals surface area (Å²) < 4.78 is 31.6. The number of hydrogen-bond acceptors (Lipinski definition) is 5. The highest BCUT2D eigenvalue weighted by Gasteiger charge is 2.27. The smallest absolute Gasteiger partial charge is 0.309 e. The summed E-state index contributed by atoms with van der Waals surface area (Å²) in [4.78, 5) is 18.7. The monoisotopic (exact) mass is 566 g/mol. The number of hydrogen-bond donors (Lipinski definition) is 1. The third-order valence-electron chi connectivity index (χ3n) is 5.40. The van der Waals surface area contributed by atoms with Gasteiger partial charge in [0.2, 0.25) is 10.0 Å². The molecule has 8 nitrogen and oxygen atoms in total. The van der Waals surface area contributed by atoms with Crippen molar-refractivity contribution in [2.45, 2.75) is 51.1 Å². The maximum atomic E-state index is 12.6. The number of rotatable bonds is 7. The van der Waals surface area contributed by atoms with E-state index in [1.165, 1.54) is 4.31 Å². The standard InChI is InChI=1S/C21H34N4O4S.HI/c1-6-29-20(26)18-11-13-25(14-12-18)21(22-4)23-15-17-7-9-19(10-8-17)30(27,28)24(5)16(2)3;/h7-10,16,18H,6,11-15H2,1-5H3,(H,22,23);1H. The van der Waals surface area contributed by atoms with Crippen LogP contribution in [0, 0.1) is 5.92 Å². The molecule has 0 unspecified atom stereocenters. The fraction of sp³-hybridized carbons (Fsp3) is 0.619. The van der Waals surface area contributed by atoms with Gasteiger partial charge in [-0.3, -0.25) is 9.79 Å². The topological polar surface area (TPSA) is 91.3 Å². The van der Waals surface area contributed by atoms with E-state index < -0.39 is 10.0 Å². The Labute approximate surface area is 203 Å². The molecule has 10 heteroatoms. The molecule has 1 N–H and O–H groups in total. The van der Waals surface area contributed by atoms with Crippen molar-refractivity contribution in [2.75, 3.05) is 33.8 Å². The minimum Gasteiger partial charge on any atom is -0.466 e. The van der Waals surface area contributed by atoms with Crippen molar-refractivity contribution in [1.29, 1.82) is 0 Å². The molecule has 1 aromatic rings. The van der Waals surface area contributed by atoms with Crippen molar-refractivity contribution in [3.05, 3.63) is 29.8 Å². The first-order chi connectivity index (χ1) is 14.2. The molecular formula is C21H35IN4O4S. The second-order valence-corrected chi connectivity index (χ2v) is 9.67. The first-order valence-corrected chi connectivity index (χ1v) is 11.8. The van der Waals surface area contributed by atoms with E-state index in [4.69, 9.17) is 4.74 Å². The molecule has 0 radical (unpaired) electrons. The lowest BCUT2D eigenvalue weighted by molar-refractivity contribution is -0.149. The lowest BCUT2D eigenvalue weighted by atomic mass is 9.97. The largest absolute Gasteiger partial charge is 0.466 e. The van der Waals surface area contributed by atoms with Gasteiger partial charge in [0.1, 0.15) is 0 Å². The molecule has 0 aromatic heterocycles. The van der Waals surface area contributed by atoms with Crippen LogP contribution in [0.1, 0.15) is 39.2 Å². The molecule has 2 rings (SSSR count). The van der Waals surface area contributed by atoms with Crippen LogP contribution in [-0.2, 0) is 26.1 Å². The van der Waals surface area contributed by atoms with E-state index in [1.807, 2.05) is 32.9 Å². The average molecular weight is 567 g/mol. The Balaban J connectivity index is 0.00000480. The van der Waals surface area contributed by atoms with Crippen LogP contribution < -0.4 is 5.32 Å². The van der Waals surface area contributed by atoms with Gasteiger partial charge >= 0.3 is 5.97 Å². The summed E-state index contributed by atoms with van der Waals surface area (Å²) in [6, 6.07) is 6.80. The lowest BCUT2D eigenvalue weighted by Gasteiger charge is -2.33. The average Bonchev–Trinajstić information content (AvgIpc) is 2.74. The van der Waals surface area contributed by atoms with Crippen LogP contribution >= 0.6 is 24.0 Å². The lowest BCUT2D eigenvalue weighted by Crippen LogP contribution is -2.46. The van der Waals surface area contributed by atoms with E-state index in [2.05, 4.69) is 15.2 Å². The van der Waals surface area contributed by atoms with E-state index in [-0.39, 0.29) is 46.8 Å². The van der Waals surface area contributed by atoms with Gasteiger partial charge in [-0.25, -0.2) is 8.42 Å². The molecule has 31 heavy (non-hydrogen) atoms. The van der Waals surface area contributed by atoms with Gasteiger partial charge in [-0.2, -0.15) is 4.31 Å². The SMILES string of the molecule is CCOC(=O)C1CCN(C(=NC)NCc2ccc(S(=O)(=O)N(C)C(C)C)cc2)CC1.I. The summed E-state index contributed by atoms with van der Waals surface area (Å²) in [5, 5.41) is 3.32. The first-order valence-electron chi connectivity index (χ1n) is 10.4. The van der Waals surface area contributed by atoms with E-state index in [9.17, 15) is 13.2 Å². The highest BCUT2D eigenvalue weighted by molar-refractivity contribution is 14.0. The molecule has 0 saturated carbocycles. The molecule has 0 atom stereocenters. The Morgan fingerprint density at radius 3 is 2.32 bits per heavy atom. The highest BCUT2D eigenvalue weighted by Crippen LogP contribution is 2.19. The second-order valence-electron chi connectivity index (χ2n) is 7.67. The van der Waals surface area contributed by atoms with Gasteiger partial charge in [0, 0.05) is 39.8 Å². The van der Waals surface area contributed by atoms with Crippen LogP contribution in [0.2, 0.25) is 0 Å². The van der Waals surface area contributed by atoms with Crippen LogP contribution in [0.3, 0.4) is 0 Å². The highest BCUT2D eigenvalue weighted by atomic mass is 127. The van der Waals surface area contributed by atoms with E-state index in [1.54, 1.807) is 26.2 Å². The molecule has 1 fully saturated rings. The predicted octanol–water partition coefficient (Wildman–Crippen LogP) is 2.68. The number of guanidine groups is 1. The van der Waals surface area contributed by atoms with Crippen molar-refractivity contribution in [3.8, 4) is 0 Å². The van der Waals surface area contributed by atoms with Gasteiger partial charge in [0.25, 0.3) is 0 Å². The third-order valence-corrected chi connectivity index (χ3v) is 7.45. The molecule has 1 aliphatic heterocycles. The number of benzene rings is 1. The Hall–Kier alpha value is -1.40. The van der Waals surface area contributed by atoms with Gasteiger partial charge in [-0.1, -0.05) is 12.1 Å². The molecule has 1 aromatic carbocycles. The summed E-state index contributed by atoms with van der Waals surface area (Å²) >= 11 is 0. The van der Waals surface area contributed by atoms with E-state index >= 15 is 0 Å². The maximum Gasteiger partial charge on any atom is 0.309 e. The summed E-state index contributed by atoms with van der Waals surface area (Å²) in [5.74, 6) is 0.615. The maximum absolute atomic E-state index is 12.6. The van der Waals surface area contributed by atoms with E-state index in [0.717, 1.165) is 37.5 Å². The molecule has 0 amide bonds. The predicted molar refractivity (Wildman–Crippen MR) is 133 cm³/mol. The van der Waals surface area contributed by atoms with Crippen molar-refractivity contribution >= 4 is 45.9 Å². The number of esters is 1. The zero-order valence-corrected chi connectivity index (χ0v) is 22.1. The minimum atomic E-state index is -3.48. The van der Waals surface area contributed by atoms with Crippen LogP contribution in [0.25, 0.3) is 0 Å². The normalized spacial score (nSPS) is 15.7. The second kappa shape index (κ2) is 12.6. The van der Waals surface area contributed by atoms with Crippen LogP contribution in [-0.4, -0.2) is 69.4 Å². The van der Waals surface area contributed by atoms with Gasteiger partial charge in [-0.15, -0.1) is 24.0 Å². The molecule has 1 heterocycles. The Morgan fingerprint density at radius 2 is 1.84 bits per heavy atom. The number of carbonyl (C=O) groups excluding carboxylic acids is 1. The van der Waals surface area contributed by atoms with Crippen molar-refractivity contribution in [3.63, 3.8) is 0 Å². The number of nitrogens with zero attached hydrogens (tertiary/aromatic N) is 3. The fourth-order valence-electron chi connectivity index (χ4n) is 3.32. The number of halogens is 1. The zero-order chi connectivity index (χ0) is 22.3. The van der Waals surface area contributed by atoms with E-state index in [0.29, 0.717) is 13.2 Å². The quantitative estimate of drug-likeness (QED) is 0.236. The third kappa shape index (κ3) is 7.31. The Morgan fingerprint density at radius 1 is 1.26 bits per heavy atom. The fourth-order valence-corrected chi connectivity index (χ4v) is 4.69. The van der Waals surface area contributed by atoms with Crippen LogP contribution in [0.4, 0.5) is 0 Å². The van der Waals surface area contributed by atoms with Crippen molar-refractivity contribution in [1.82, 2.24) is 14.5 Å². The number of piperidine rings is 1. The molecular weight excluding hydrogens is 531 g/mol. The molecule has 0 bridgehead atoms. The Kier molecular flexibility index (Phi) is 11.2.